The maximum Gasteiger partial charge on any atom is 0.496 e. The van der Waals surface area contributed by atoms with Gasteiger partial charge in [0.05, 0.1) is 17.3 Å². The molecular weight excluding hydrogens is 241 g/mol. The van der Waals surface area contributed by atoms with E-state index in [2.05, 4.69) is 4.98 Å². The molecule has 2 rings (SSSR count). The molecule has 0 bridgehead atoms. The van der Waals surface area contributed by atoms with E-state index in [1.807, 2.05) is 33.8 Å². The van der Waals surface area contributed by atoms with E-state index in [4.69, 9.17) is 9.31 Å². The van der Waals surface area contributed by atoms with Crippen molar-refractivity contribution in [1.29, 1.82) is 0 Å². The standard InChI is InChI=1S/C14H22BNO3/c1-10(17)6-11-7-12(9-16-8-11)15-18-13(2,3)14(4,5)19-15/h7-10,17H,6H2,1-5H3. The van der Waals surface area contributed by atoms with Crippen LogP contribution in [0.1, 0.15) is 40.2 Å². The average Bonchev–Trinajstić information content (AvgIpc) is 2.47. The van der Waals surface area contributed by atoms with Crippen molar-refractivity contribution in [1.82, 2.24) is 4.98 Å². The monoisotopic (exact) mass is 263 g/mol. The Bertz CT molecular complexity index is 444. The first-order valence-corrected chi connectivity index (χ1v) is 6.69. The summed E-state index contributed by atoms with van der Waals surface area (Å²) >= 11 is 0. The summed E-state index contributed by atoms with van der Waals surface area (Å²) in [6.45, 7) is 9.88. The van der Waals surface area contributed by atoms with Gasteiger partial charge >= 0.3 is 7.12 Å². The molecule has 1 saturated heterocycles. The Morgan fingerprint density at radius 2 is 1.79 bits per heavy atom. The molecule has 1 aromatic rings. The number of aromatic nitrogens is 1. The van der Waals surface area contributed by atoms with Crippen LogP contribution in [0.25, 0.3) is 0 Å². The second kappa shape index (κ2) is 4.89. The lowest BCUT2D eigenvalue weighted by Crippen LogP contribution is -2.41. The number of hydrogen-bond acceptors (Lipinski definition) is 4. The minimum atomic E-state index is -0.397. The maximum atomic E-state index is 9.44. The summed E-state index contributed by atoms with van der Waals surface area (Å²) in [7, 11) is -0.397. The average molecular weight is 263 g/mol. The van der Waals surface area contributed by atoms with Gasteiger partial charge in [0.25, 0.3) is 0 Å². The molecule has 0 spiro atoms. The summed E-state index contributed by atoms with van der Waals surface area (Å²) in [5.74, 6) is 0. The van der Waals surface area contributed by atoms with Crippen molar-refractivity contribution < 1.29 is 14.4 Å². The predicted octanol–water partition coefficient (Wildman–Crippen LogP) is 1.30. The zero-order chi connectivity index (χ0) is 14.3. The summed E-state index contributed by atoms with van der Waals surface area (Å²) in [5.41, 5.74) is 1.19. The Morgan fingerprint density at radius 1 is 1.21 bits per heavy atom. The third-order valence-corrected chi connectivity index (χ3v) is 3.87. The molecule has 1 aromatic heterocycles. The van der Waals surface area contributed by atoms with Crippen LogP contribution >= 0.6 is 0 Å². The van der Waals surface area contributed by atoms with E-state index in [1.54, 1.807) is 19.3 Å². The molecule has 104 valence electrons. The molecule has 4 nitrogen and oxygen atoms in total. The maximum absolute atomic E-state index is 9.44. The highest BCUT2D eigenvalue weighted by molar-refractivity contribution is 6.62. The van der Waals surface area contributed by atoms with Crippen molar-refractivity contribution in [3.05, 3.63) is 24.0 Å². The highest BCUT2D eigenvalue weighted by Crippen LogP contribution is 2.36. The molecule has 0 amide bonds. The van der Waals surface area contributed by atoms with Gasteiger partial charge in [-0.05, 0) is 46.6 Å². The number of aliphatic hydroxyl groups is 1. The van der Waals surface area contributed by atoms with Crippen LogP contribution < -0.4 is 5.46 Å². The van der Waals surface area contributed by atoms with Crippen LogP contribution in [0.4, 0.5) is 0 Å². The second-order valence-electron chi connectivity index (χ2n) is 6.27. The van der Waals surface area contributed by atoms with Gasteiger partial charge in [-0.3, -0.25) is 4.98 Å². The number of nitrogens with zero attached hydrogens (tertiary/aromatic N) is 1. The molecule has 0 radical (unpaired) electrons. The summed E-state index contributed by atoms with van der Waals surface area (Å²) < 4.78 is 12.0. The lowest BCUT2D eigenvalue weighted by Gasteiger charge is -2.32. The predicted molar refractivity (Wildman–Crippen MR) is 75.3 cm³/mol. The number of hydrogen-bond donors (Lipinski definition) is 1. The normalized spacial score (nSPS) is 22.5. The van der Waals surface area contributed by atoms with Gasteiger partial charge in [0.2, 0.25) is 0 Å². The van der Waals surface area contributed by atoms with Gasteiger partial charge in [0, 0.05) is 17.9 Å². The van der Waals surface area contributed by atoms with E-state index in [0.29, 0.717) is 6.42 Å². The van der Waals surface area contributed by atoms with E-state index < -0.39 is 7.12 Å². The Labute approximate surface area is 115 Å². The zero-order valence-electron chi connectivity index (χ0n) is 12.3. The number of aliphatic hydroxyl groups excluding tert-OH is 1. The minimum absolute atomic E-state index is 0.349. The summed E-state index contributed by atoms with van der Waals surface area (Å²) in [6, 6.07) is 1.99. The first-order valence-electron chi connectivity index (χ1n) is 6.69. The van der Waals surface area contributed by atoms with Crippen molar-refractivity contribution >= 4 is 12.6 Å². The molecule has 0 aliphatic carbocycles. The summed E-state index contributed by atoms with van der Waals surface area (Å²) in [4.78, 5) is 4.21. The zero-order valence-corrected chi connectivity index (χ0v) is 12.3. The molecule has 2 heterocycles. The number of rotatable bonds is 3. The van der Waals surface area contributed by atoms with Gasteiger partial charge in [-0.2, -0.15) is 0 Å². The van der Waals surface area contributed by atoms with E-state index in [-0.39, 0.29) is 17.3 Å². The van der Waals surface area contributed by atoms with Crippen LogP contribution in [0.5, 0.6) is 0 Å². The molecule has 5 heteroatoms. The highest BCUT2D eigenvalue weighted by Gasteiger charge is 2.51. The largest absolute Gasteiger partial charge is 0.496 e. The first-order chi connectivity index (χ1) is 8.71. The molecule has 1 fully saturated rings. The van der Waals surface area contributed by atoms with Crippen molar-refractivity contribution in [3.63, 3.8) is 0 Å². The van der Waals surface area contributed by atoms with Crippen LogP contribution in [0.3, 0.4) is 0 Å². The van der Waals surface area contributed by atoms with Crippen LogP contribution in [0.2, 0.25) is 0 Å². The van der Waals surface area contributed by atoms with Crippen LogP contribution in [-0.2, 0) is 15.7 Å². The van der Waals surface area contributed by atoms with Crippen molar-refractivity contribution in [2.24, 2.45) is 0 Å². The van der Waals surface area contributed by atoms with E-state index in [9.17, 15) is 5.11 Å². The summed E-state index contributed by atoms with van der Waals surface area (Å²) in [6.07, 6.45) is 3.73. The van der Waals surface area contributed by atoms with E-state index in [1.165, 1.54) is 0 Å². The van der Waals surface area contributed by atoms with Gasteiger partial charge in [0.1, 0.15) is 0 Å². The Kier molecular flexibility index (Phi) is 3.73. The van der Waals surface area contributed by atoms with Gasteiger partial charge in [-0.25, -0.2) is 0 Å². The molecule has 19 heavy (non-hydrogen) atoms. The third-order valence-electron chi connectivity index (χ3n) is 3.87. The molecule has 1 aliphatic heterocycles. The molecule has 1 unspecified atom stereocenters. The van der Waals surface area contributed by atoms with E-state index in [0.717, 1.165) is 11.0 Å². The molecule has 1 aliphatic rings. The van der Waals surface area contributed by atoms with Gasteiger partial charge in [-0.15, -0.1) is 0 Å². The molecular formula is C14H22BNO3. The van der Waals surface area contributed by atoms with Crippen LogP contribution in [-0.4, -0.2) is 34.5 Å². The fourth-order valence-electron chi connectivity index (χ4n) is 2.07. The van der Waals surface area contributed by atoms with Crippen LogP contribution in [0.15, 0.2) is 18.5 Å². The fraction of sp³-hybridized carbons (Fsp3) is 0.643. The van der Waals surface area contributed by atoms with Gasteiger partial charge in [0.15, 0.2) is 0 Å². The van der Waals surface area contributed by atoms with Gasteiger partial charge in [-0.1, -0.05) is 6.07 Å². The van der Waals surface area contributed by atoms with E-state index >= 15 is 0 Å². The van der Waals surface area contributed by atoms with Crippen molar-refractivity contribution in [3.8, 4) is 0 Å². The Hall–Kier alpha value is -0.905. The lowest BCUT2D eigenvalue weighted by atomic mass is 9.79. The SMILES string of the molecule is CC(O)Cc1cncc(B2OC(C)(C)C(C)(C)O2)c1. The highest BCUT2D eigenvalue weighted by atomic mass is 16.7. The second-order valence-corrected chi connectivity index (χ2v) is 6.27. The minimum Gasteiger partial charge on any atom is -0.399 e. The summed E-state index contributed by atoms with van der Waals surface area (Å²) in [5, 5.41) is 9.44. The molecule has 0 aromatic carbocycles. The topological polar surface area (TPSA) is 51.6 Å². The first kappa shape index (κ1) is 14.5. The molecule has 0 saturated carbocycles. The fourth-order valence-corrected chi connectivity index (χ4v) is 2.07. The van der Waals surface area contributed by atoms with Crippen molar-refractivity contribution in [2.75, 3.05) is 0 Å². The lowest BCUT2D eigenvalue weighted by molar-refractivity contribution is 0.00578. The quantitative estimate of drug-likeness (QED) is 0.835. The third kappa shape index (κ3) is 2.99. The Morgan fingerprint density at radius 3 is 2.32 bits per heavy atom. The van der Waals surface area contributed by atoms with Crippen LogP contribution in [0, 0.1) is 0 Å². The van der Waals surface area contributed by atoms with Crippen molar-refractivity contribution in [2.45, 2.75) is 58.3 Å². The molecule has 1 atom stereocenters. The number of pyridine rings is 1. The smallest absolute Gasteiger partial charge is 0.399 e. The molecule has 1 N–H and O–H groups in total. The van der Waals surface area contributed by atoms with Gasteiger partial charge < -0.3 is 14.4 Å². The Balaban J connectivity index is 2.20.